The van der Waals surface area contributed by atoms with Gasteiger partial charge in [0.2, 0.25) is 0 Å². The van der Waals surface area contributed by atoms with Crippen LogP contribution < -0.4 is 0 Å². The van der Waals surface area contributed by atoms with Crippen molar-refractivity contribution < 1.29 is 0 Å². The Kier molecular flexibility index (Phi) is 5.03. The molecule has 0 radical (unpaired) electrons. The second kappa shape index (κ2) is 6.24. The average Bonchev–Trinajstić information content (AvgIpc) is 2.68. The second-order valence-electron chi connectivity index (χ2n) is 7.01. The molecule has 2 nitrogen and oxygen atoms in total. The molecule has 0 bridgehead atoms. The first kappa shape index (κ1) is 16.1. The van der Waals surface area contributed by atoms with E-state index in [1.165, 1.54) is 18.7 Å². The molecule has 1 aliphatic rings. The van der Waals surface area contributed by atoms with Gasteiger partial charge in [-0.2, -0.15) is 0 Å². The van der Waals surface area contributed by atoms with Gasteiger partial charge >= 0.3 is 129 Å². The Morgan fingerprint density at radius 2 is 1.50 bits per heavy atom. The molecule has 1 aromatic carbocycles. The molecule has 4 heteroatoms. The maximum absolute atomic E-state index is 2.52. The third-order valence-corrected chi connectivity index (χ3v) is 10.5. The minimum atomic E-state index is -2.18. The van der Waals surface area contributed by atoms with E-state index in [0.717, 1.165) is 0 Å². The van der Waals surface area contributed by atoms with Crippen LogP contribution >= 0.6 is 0 Å². The van der Waals surface area contributed by atoms with Crippen molar-refractivity contribution in [3.8, 4) is 0 Å². The first-order chi connectivity index (χ1) is 9.32. The molecule has 1 saturated heterocycles. The summed E-state index contributed by atoms with van der Waals surface area (Å²) in [5.41, 5.74) is 3.02. The molecule has 1 aliphatic heterocycles. The molecule has 1 fully saturated rings. The predicted octanol–water partition coefficient (Wildman–Crippen LogP) is 3.24. The van der Waals surface area contributed by atoms with Crippen molar-refractivity contribution >= 4 is 28.9 Å². The molecule has 0 saturated carbocycles. The van der Waals surface area contributed by atoms with Crippen LogP contribution in [0.4, 0.5) is 0 Å². The number of allylic oxidation sites excluding steroid dienone is 1. The summed E-state index contributed by atoms with van der Waals surface area (Å²) in [6.07, 6.45) is 0. The van der Waals surface area contributed by atoms with Crippen LogP contribution in [0.25, 0.3) is 3.59 Å². The molecule has 0 aliphatic carbocycles. The fourth-order valence-corrected chi connectivity index (χ4v) is 10.2. The van der Waals surface area contributed by atoms with E-state index in [2.05, 4.69) is 75.8 Å². The number of hydrogen-bond donors (Lipinski definition) is 0. The van der Waals surface area contributed by atoms with Crippen LogP contribution in [0.2, 0.25) is 14.8 Å². The maximum atomic E-state index is 2.52. The third-order valence-electron chi connectivity index (χ3n) is 4.23. The molecule has 20 heavy (non-hydrogen) atoms. The van der Waals surface area contributed by atoms with Crippen LogP contribution in [-0.2, 0) is 0 Å². The summed E-state index contributed by atoms with van der Waals surface area (Å²) in [6.45, 7) is 5.16. The van der Waals surface area contributed by atoms with Crippen LogP contribution in [0.3, 0.4) is 0 Å². The molecular formula is C16H27BN2Sn. The summed E-state index contributed by atoms with van der Waals surface area (Å²) in [7, 11) is 4.50. The summed E-state index contributed by atoms with van der Waals surface area (Å²) < 4.78 is 1.69. The molecule has 1 aromatic rings. The predicted molar refractivity (Wildman–Crippen MR) is 93.4 cm³/mol. The van der Waals surface area contributed by atoms with Crippen molar-refractivity contribution in [3.05, 3.63) is 41.4 Å². The van der Waals surface area contributed by atoms with E-state index in [9.17, 15) is 0 Å². The molecule has 2 rings (SSSR count). The Morgan fingerprint density at radius 3 is 1.95 bits per heavy atom. The van der Waals surface area contributed by atoms with Crippen LogP contribution in [0, 0.1) is 0 Å². The first-order valence-corrected chi connectivity index (χ1v) is 17.5. The van der Waals surface area contributed by atoms with Gasteiger partial charge in [-0.05, 0) is 0 Å². The van der Waals surface area contributed by atoms with Crippen LogP contribution in [0.15, 0.2) is 35.8 Å². The van der Waals surface area contributed by atoms with Crippen LogP contribution in [0.5, 0.6) is 0 Å². The summed E-state index contributed by atoms with van der Waals surface area (Å²) in [5.74, 6) is 0. The monoisotopic (exact) mass is 378 g/mol. The van der Waals surface area contributed by atoms with Crippen molar-refractivity contribution in [1.82, 2.24) is 9.62 Å². The van der Waals surface area contributed by atoms with Gasteiger partial charge in [0.25, 0.3) is 0 Å². The summed E-state index contributed by atoms with van der Waals surface area (Å²) in [5, 5.41) is 0. The van der Waals surface area contributed by atoms with Crippen LogP contribution in [-0.4, -0.2) is 62.2 Å². The Hall–Kier alpha value is -0.256. The van der Waals surface area contributed by atoms with Gasteiger partial charge in [-0.1, -0.05) is 0 Å². The summed E-state index contributed by atoms with van der Waals surface area (Å²) in [6, 6.07) is 11.0. The molecule has 0 aromatic heterocycles. The van der Waals surface area contributed by atoms with E-state index < -0.39 is 18.4 Å². The number of likely N-dealkylation sites (N-methyl/N-ethyl adjacent to an activating group) is 2. The fourth-order valence-electron chi connectivity index (χ4n) is 3.54. The standard InChI is InChI=1S/C13H18BN2.3CH3.Sn/c1-12(11-13-7-5-4-6-8-13)14-15(2)9-10-16(14)3;;;;/h4-8H,9-10H2,1-3H3;3*1H3;. The SMILES string of the molecule is C/C(B1N(C)CCN1C)=[C](\c1ccccc1)[Sn]([CH3])([CH3])[CH3]. The van der Waals surface area contributed by atoms with Gasteiger partial charge in [-0.15, -0.1) is 0 Å². The van der Waals surface area contributed by atoms with Gasteiger partial charge in [0.05, 0.1) is 0 Å². The molecule has 0 unspecified atom stereocenters. The van der Waals surface area contributed by atoms with Gasteiger partial charge in [0, 0.05) is 0 Å². The number of rotatable bonds is 3. The Labute approximate surface area is 128 Å². The van der Waals surface area contributed by atoms with Crippen LogP contribution in [0.1, 0.15) is 12.5 Å². The molecule has 0 spiro atoms. The van der Waals surface area contributed by atoms with Gasteiger partial charge < -0.3 is 0 Å². The topological polar surface area (TPSA) is 6.48 Å². The van der Waals surface area contributed by atoms with Crippen molar-refractivity contribution in [2.75, 3.05) is 27.2 Å². The summed E-state index contributed by atoms with van der Waals surface area (Å²) in [4.78, 5) is 12.5. The second-order valence-corrected chi connectivity index (χ2v) is 21.3. The van der Waals surface area contributed by atoms with Crippen molar-refractivity contribution in [2.24, 2.45) is 0 Å². The quantitative estimate of drug-likeness (QED) is 0.747. The van der Waals surface area contributed by atoms with E-state index in [0.29, 0.717) is 6.98 Å². The fraction of sp³-hybridized carbons (Fsp3) is 0.500. The van der Waals surface area contributed by atoms with E-state index >= 15 is 0 Å². The van der Waals surface area contributed by atoms with Crippen molar-refractivity contribution in [3.63, 3.8) is 0 Å². The Morgan fingerprint density at radius 1 is 1.00 bits per heavy atom. The molecule has 0 atom stereocenters. The van der Waals surface area contributed by atoms with Crippen molar-refractivity contribution in [1.29, 1.82) is 0 Å². The molecule has 0 N–H and O–H groups in total. The average molecular weight is 377 g/mol. The Balaban J connectivity index is 2.53. The van der Waals surface area contributed by atoms with Gasteiger partial charge in [0.15, 0.2) is 0 Å². The van der Waals surface area contributed by atoms with Gasteiger partial charge in [0.1, 0.15) is 0 Å². The molecule has 108 valence electrons. The molecule has 1 heterocycles. The zero-order valence-electron chi connectivity index (χ0n) is 13.8. The Bertz CT molecular complexity index is 483. The third kappa shape index (κ3) is 3.31. The number of nitrogens with zero attached hydrogens (tertiary/aromatic N) is 2. The minimum absolute atomic E-state index is 0.473. The zero-order valence-corrected chi connectivity index (χ0v) is 16.6. The molecule has 0 amide bonds. The van der Waals surface area contributed by atoms with E-state index in [-0.39, 0.29) is 0 Å². The first-order valence-electron chi connectivity index (χ1n) is 7.49. The van der Waals surface area contributed by atoms with Crippen molar-refractivity contribution in [2.45, 2.75) is 21.7 Å². The zero-order chi connectivity index (χ0) is 14.9. The normalized spacial score (nSPS) is 19.4. The van der Waals surface area contributed by atoms with E-state index in [1.54, 1.807) is 9.06 Å². The number of hydrogen-bond acceptors (Lipinski definition) is 2. The van der Waals surface area contributed by atoms with Gasteiger partial charge in [-0.3, -0.25) is 0 Å². The van der Waals surface area contributed by atoms with E-state index in [4.69, 9.17) is 0 Å². The molecular weight excluding hydrogens is 350 g/mol. The summed E-state index contributed by atoms with van der Waals surface area (Å²) >= 11 is -2.18. The van der Waals surface area contributed by atoms with Gasteiger partial charge in [-0.25, -0.2) is 0 Å². The number of benzene rings is 1. The van der Waals surface area contributed by atoms with E-state index in [1.807, 2.05) is 0 Å².